The quantitative estimate of drug-likeness (QED) is 0.825. The van der Waals surface area contributed by atoms with E-state index in [2.05, 4.69) is 5.32 Å². The average Bonchev–Trinajstić information content (AvgIpc) is 2.53. The molecule has 5 nitrogen and oxygen atoms in total. The number of amides is 1. The Morgan fingerprint density at radius 1 is 1.15 bits per heavy atom. The molecule has 0 bridgehead atoms. The molecule has 0 saturated carbocycles. The molecule has 0 unspecified atom stereocenters. The van der Waals surface area contributed by atoms with Crippen LogP contribution in [0.1, 0.15) is 47.1 Å². The van der Waals surface area contributed by atoms with Crippen molar-refractivity contribution in [3.63, 3.8) is 0 Å². The first-order chi connectivity index (χ1) is 12.4. The summed E-state index contributed by atoms with van der Waals surface area (Å²) >= 11 is 5.97. The number of nitrogens with one attached hydrogen (secondary N) is 1. The van der Waals surface area contributed by atoms with Crippen molar-refractivity contribution >= 4 is 17.7 Å². The lowest BCUT2D eigenvalue weighted by Crippen LogP contribution is -2.61. The zero-order chi connectivity index (χ0) is 20.2. The first-order valence-corrected chi connectivity index (χ1v) is 9.92. The minimum absolute atomic E-state index is 0.0551. The number of hydrogen-bond donors (Lipinski definition) is 1. The highest BCUT2D eigenvalue weighted by Crippen LogP contribution is 2.19. The number of hydrogen-bond acceptors (Lipinski definition) is 4. The van der Waals surface area contributed by atoms with Gasteiger partial charge in [0.2, 0.25) is 0 Å². The molecule has 0 aromatic heterocycles. The van der Waals surface area contributed by atoms with E-state index in [0.717, 1.165) is 11.4 Å². The highest BCUT2D eigenvalue weighted by atomic mass is 35.5. The molecule has 2 rings (SSSR count). The molecule has 6 heteroatoms. The molecule has 1 N–H and O–H groups in total. The number of halogens is 1. The zero-order valence-electron chi connectivity index (χ0n) is 17.3. The van der Waals surface area contributed by atoms with Crippen LogP contribution in [0, 0.1) is 0 Å². The highest BCUT2D eigenvalue weighted by Gasteiger charge is 2.35. The minimum atomic E-state index is -0.525. The Labute approximate surface area is 168 Å². The smallest absolute Gasteiger partial charge is 0.410 e. The fourth-order valence-electron chi connectivity index (χ4n) is 2.94. The number of rotatable bonds is 4. The van der Waals surface area contributed by atoms with Gasteiger partial charge in [0.1, 0.15) is 5.60 Å². The maximum atomic E-state index is 12.8. The maximum absolute atomic E-state index is 12.8. The van der Waals surface area contributed by atoms with Crippen LogP contribution >= 0.6 is 11.6 Å². The molecule has 0 radical (unpaired) electrons. The van der Waals surface area contributed by atoms with Gasteiger partial charge in [0, 0.05) is 24.2 Å². The monoisotopic (exact) mass is 396 g/mol. The van der Waals surface area contributed by atoms with E-state index in [0.29, 0.717) is 19.7 Å². The Balaban J connectivity index is 2.07. The number of ether oxygens (including phenoxy) is 2. The predicted molar refractivity (Wildman–Crippen MR) is 109 cm³/mol. The molecule has 1 aromatic rings. The topological polar surface area (TPSA) is 50.8 Å². The third-order valence-electron chi connectivity index (χ3n) is 4.23. The lowest BCUT2D eigenvalue weighted by atomic mass is 10.0. The Bertz CT molecular complexity index is 620. The first kappa shape index (κ1) is 22.0. The van der Waals surface area contributed by atoms with Crippen molar-refractivity contribution in [2.24, 2.45) is 0 Å². The van der Waals surface area contributed by atoms with E-state index in [9.17, 15) is 4.79 Å². The molecule has 0 spiro atoms. The predicted octanol–water partition coefficient (Wildman–Crippen LogP) is 4.28. The second-order valence-electron chi connectivity index (χ2n) is 9.15. The highest BCUT2D eigenvalue weighted by molar-refractivity contribution is 6.30. The van der Waals surface area contributed by atoms with Gasteiger partial charge in [0.25, 0.3) is 0 Å². The van der Waals surface area contributed by atoms with Gasteiger partial charge in [-0.05, 0) is 65.7 Å². The number of carbonyl (C=O) groups excluding carboxylic acids is 1. The first-order valence-electron chi connectivity index (χ1n) is 9.54. The molecule has 1 fully saturated rings. The zero-order valence-corrected chi connectivity index (χ0v) is 18.1. The van der Waals surface area contributed by atoms with Crippen LogP contribution in [0.2, 0.25) is 5.02 Å². The van der Waals surface area contributed by atoms with Crippen LogP contribution in [0.3, 0.4) is 0 Å². The number of benzene rings is 1. The van der Waals surface area contributed by atoms with Gasteiger partial charge in [-0.3, -0.25) is 0 Å². The molecule has 1 aromatic carbocycles. The van der Waals surface area contributed by atoms with Gasteiger partial charge in [-0.2, -0.15) is 0 Å². The van der Waals surface area contributed by atoms with Gasteiger partial charge in [-0.25, -0.2) is 4.79 Å². The van der Waals surface area contributed by atoms with E-state index in [1.165, 1.54) is 5.56 Å². The standard InChI is InChI=1S/C21H33ClN2O3/c1-20(2,3)26-14-18-12-23-17(11-15-7-9-16(22)10-8-15)13-24(18)19(25)27-21(4,5)6/h7-10,17-18,23H,11-14H2,1-6H3/t17-,18+/m0/s1. The Morgan fingerprint density at radius 3 is 2.33 bits per heavy atom. The molecule has 1 saturated heterocycles. The molecular formula is C21H33ClN2O3. The van der Waals surface area contributed by atoms with Gasteiger partial charge >= 0.3 is 6.09 Å². The summed E-state index contributed by atoms with van der Waals surface area (Å²) in [5.74, 6) is 0. The molecule has 27 heavy (non-hydrogen) atoms. The molecule has 1 amide bonds. The fraction of sp³-hybridized carbons (Fsp3) is 0.667. The lowest BCUT2D eigenvalue weighted by molar-refractivity contribution is -0.0502. The fourth-order valence-corrected chi connectivity index (χ4v) is 3.07. The number of carbonyl (C=O) groups is 1. The van der Waals surface area contributed by atoms with Gasteiger partial charge < -0.3 is 19.7 Å². The summed E-state index contributed by atoms with van der Waals surface area (Å²) in [5.41, 5.74) is 0.411. The van der Waals surface area contributed by atoms with Crippen LogP contribution in [-0.2, 0) is 15.9 Å². The summed E-state index contributed by atoms with van der Waals surface area (Å²) in [5, 5.41) is 4.28. The van der Waals surface area contributed by atoms with Crippen LogP contribution < -0.4 is 5.32 Å². The van der Waals surface area contributed by atoms with Crippen LogP contribution in [0.4, 0.5) is 4.79 Å². The number of nitrogens with zero attached hydrogens (tertiary/aromatic N) is 1. The van der Waals surface area contributed by atoms with E-state index < -0.39 is 5.60 Å². The summed E-state index contributed by atoms with van der Waals surface area (Å²) in [4.78, 5) is 14.6. The Morgan fingerprint density at radius 2 is 1.78 bits per heavy atom. The maximum Gasteiger partial charge on any atom is 0.410 e. The lowest BCUT2D eigenvalue weighted by Gasteiger charge is -2.41. The van der Waals surface area contributed by atoms with Crippen molar-refractivity contribution in [1.29, 1.82) is 0 Å². The van der Waals surface area contributed by atoms with E-state index in [-0.39, 0.29) is 23.8 Å². The average molecular weight is 397 g/mol. The molecule has 152 valence electrons. The summed E-state index contributed by atoms with van der Waals surface area (Å²) in [6.07, 6.45) is 0.538. The molecular weight excluding hydrogens is 364 g/mol. The SMILES string of the molecule is CC(C)(C)OC[C@H]1CN[C@@H](Cc2ccc(Cl)cc2)CN1C(=O)OC(C)(C)C. The third-order valence-corrected chi connectivity index (χ3v) is 4.48. The van der Waals surface area contributed by atoms with Gasteiger partial charge in [-0.15, -0.1) is 0 Å². The third kappa shape index (κ3) is 7.68. The second kappa shape index (κ2) is 8.80. The van der Waals surface area contributed by atoms with Crippen LogP contribution in [-0.4, -0.2) is 54.0 Å². The minimum Gasteiger partial charge on any atom is -0.444 e. The van der Waals surface area contributed by atoms with Crippen LogP contribution in [0.15, 0.2) is 24.3 Å². The molecule has 1 aliphatic rings. The van der Waals surface area contributed by atoms with E-state index in [1.807, 2.05) is 70.7 Å². The molecule has 0 aliphatic carbocycles. The van der Waals surface area contributed by atoms with Crippen molar-refractivity contribution in [3.05, 3.63) is 34.9 Å². The van der Waals surface area contributed by atoms with Gasteiger partial charge in [0.15, 0.2) is 0 Å². The number of piperazine rings is 1. The van der Waals surface area contributed by atoms with Gasteiger partial charge in [0.05, 0.1) is 18.2 Å². The summed E-state index contributed by atoms with van der Waals surface area (Å²) in [6.45, 7) is 13.4. The van der Waals surface area contributed by atoms with Crippen LogP contribution in [0.5, 0.6) is 0 Å². The van der Waals surface area contributed by atoms with Crippen molar-refractivity contribution in [1.82, 2.24) is 10.2 Å². The van der Waals surface area contributed by atoms with Crippen molar-refractivity contribution in [2.45, 2.75) is 71.2 Å². The van der Waals surface area contributed by atoms with Crippen molar-refractivity contribution in [3.8, 4) is 0 Å². The summed E-state index contributed by atoms with van der Waals surface area (Å²) in [7, 11) is 0. The van der Waals surface area contributed by atoms with E-state index >= 15 is 0 Å². The Kier molecular flexibility index (Phi) is 7.17. The second-order valence-corrected chi connectivity index (χ2v) is 9.58. The Hall–Kier alpha value is -1.30. The largest absolute Gasteiger partial charge is 0.444 e. The normalized spacial score (nSPS) is 21.2. The molecule has 2 atom stereocenters. The van der Waals surface area contributed by atoms with Gasteiger partial charge in [-0.1, -0.05) is 23.7 Å². The van der Waals surface area contributed by atoms with Crippen LogP contribution in [0.25, 0.3) is 0 Å². The van der Waals surface area contributed by atoms with E-state index in [1.54, 1.807) is 0 Å². The summed E-state index contributed by atoms with van der Waals surface area (Å²) < 4.78 is 11.6. The molecule has 1 aliphatic heterocycles. The van der Waals surface area contributed by atoms with E-state index in [4.69, 9.17) is 21.1 Å². The summed E-state index contributed by atoms with van der Waals surface area (Å²) in [6, 6.07) is 7.94. The van der Waals surface area contributed by atoms with Crippen molar-refractivity contribution < 1.29 is 14.3 Å². The molecule has 1 heterocycles. The van der Waals surface area contributed by atoms with Crippen molar-refractivity contribution in [2.75, 3.05) is 19.7 Å².